The Bertz CT molecular complexity index is 1570. The van der Waals surface area contributed by atoms with Gasteiger partial charge in [0.05, 0.1) is 20.6 Å². The molecule has 0 atom stereocenters. The predicted molar refractivity (Wildman–Crippen MR) is 127 cm³/mol. The summed E-state index contributed by atoms with van der Waals surface area (Å²) in [5.41, 5.74) is 3.32. The van der Waals surface area contributed by atoms with Crippen molar-refractivity contribution < 1.29 is 8.42 Å². The van der Waals surface area contributed by atoms with Crippen LogP contribution in [0.3, 0.4) is 0 Å². The molecular formula is C22H14Cl2N6O2S. The normalized spacial score (nSPS) is 11.6. The number of aromatic nitrogens is 5. The molecule has 0 aliphatic carbocycles. The molecule has 5 aromatic rings. The van der Waals surface area contributed by atoms with Crippen molar-refractivity contribution in [3.8, 4) is 22.6 Å². The zero-order valence-corrected chi connectivity index (χ0v) is 19.1. The second-order valence-corrected chi connectivity index (χ2v) is 9.50. The van der Waals surface area contributed by atoms with E-state index in [0.717, 1.165) is 11.1 Å². The highest BCUT2D eigenvalue weighted by atomic mass is 35.5. The van der Waals surface area contributed by atoms with E-state index < -0.39 is 10.0 Å². The molecule has 0 radical (unpaired) electrons. The Labute approximate surface area is 198 Å². The van der Waals surface area contributed by atoms with Gasteiger partial charge in [0.15, 0.2) is 11.5 Å². The number of benzene rings is 2. The summed E-state index contributed by atoms with van der Waals surface area (Å²) in [6, 6.07) is 18.3. The third-order valence-corrected chi connectivity index (χ3v) is 6.95. The summed E-state index contributed by atoms with van der Waals surface area (Å²) in [7, 11) is -3.82. The van der Waals surface area contributed by atoms with Gasteiger partial charge in [-0.3, -0.25) is 9.71 Å². The van der Waals surface area contributed by atoms with Crippen molar-refractivity contribution in [3.05, 3.63) is 89.2 Å². The minimum absolute atomic E-state index is 0.0179. The molecule has 3 aromatic heterocycles. The Morgan fingerprint density at radius 2 is 1.55 bits per heavy atom. The van der Waals surface area contributed by atoms with Crippen LogP contribution in [0.15, 0.2) is 84.0 Å². The summed E-state index contributed by atoms with van der Waals surface area (Å²) >= 11 is 11.8. The fourth-order valence-corrected chi connectivity index (χ4v) is 4.64. The van der Waals surface area contributed by atoms with Crippen molar-refractivity contribution in [1.29, 1.82) is 0 Å². The molecule has 0 saturated heterocycles. The van der Waals surface area contributed by atoms with E-state index in [1.54, 1.807) is 41.2 Å². The highest BCUT2D eigenvalue weighted by Gasteiger charge is 2.16. The molecule has 33 heavy (non-hydrogen) atoms. The van der Waals surface area contributed by atoms with Crippen LogP contribution in [-0.2, 0) is 10.0 Å². The van der Waals surface area contributed by atoms with Gasteiger partial charge in [-0.1, -0.05) is 35.3 Å². The first kappa shape index (κ1) is 21.3. The van der Waals surface area contributed by atoms with E-state index in [9.17, 15) is 8.42 Å². The maximum absolute atomic E-state index is 12.7. The Balaban J connectivity index is 1.43. The number of pyridine rings is 1. The topological polar surface area (TPSA) is 102 Å². The molecule has 0 aliphatic rings. The van der Waals surface area contributed by atoms with Gasteiger partial charge in [0, 0.05) is 29.2 Å². The highest BCUT2D eigenvalue weighted by molar-refractivity contribution is 7.92. The quantitative estimate of drug-likeness (QED) is 0.368. The largest absolute Gasteiger partial charge is 0.280 e. The molecule has 0 fully saturated rings. The second kappa shape index (κ2) is 8.43. The fraction of sp³-hybridized carbons (Fsp3) is 0. The fourth-order valence-electron chi connectivity index (χ4n) is 3.19. The van der Waals surface area contributed by atoms with Gasteiger partial charge in [0.1, 0.15) is 0 Å². The Morgan fingerprint density at radius 1 is 0.788 bits per heavy atom. The highest BCUT2D eigenvalue weighted by Crippen LogP contribution is 2.27. The molecule has 8 nitrogen and oxygen atoms in total. The van der Waals surface area contributed by atoms with Crippen molar-refractivity contribution in [2.75, 3.05) is 4.72 Å². The summed E-state index contributed by atoms with van der Waals surface area (Å²) < 4.78 is 29.5. The number of fused-ring (bicyclic) bond motifs is 1. The van der Waals surface area contributed by atoms with Gasteiger partial charge in [0.25, 0.3) is 10.0 Å². The summed E-state index contributed by atoms with van der Waals surface area (Å²) in [6.07, 6.45) is 3.36. The minimum Gasteiger partial charge on any atom is -0.280 e. The molecular weight excluding hydrogens is 483 g/mol. The zero-order valence-electron chi connectivity index (χ0n) is 16.7. The van der Waals surface area contributed by atoms with E-state index in [1.807, 2.05) is 24.3 Å². The standard InChI is InChI=1S/C22H14Cl2N6O2S/c23-18-6-5-17(13-19(18)24)33(31,32)29-16-3-1-14(2-4-16)20-7-8-21-26-27-22(30(21)28-20)15-9-11-25-12-10-15/h1-13,29H. The minimum atomic E-state index is -3.82. The first-order valence-corrected chi connectivity index (χ1v) is 11.9. The molecule has 0 unspecified atom stereocenters. The molecule has 0 bridgehead atoms. The lowest BCUT2D eigenvalue weighted by Crippen LogP contribution is -2.12. The van der Waals surface area contributed by atoms with Crippen LogP contribution in [-0.4, -0.2) is 33.2 Å². The Morgan fingerprint density at radius 3 is 2.27 bits per heavy atom. The van der Waals surface area contributed by atoms with Crippen LogP contribution in [0.25, 0.3) is 28.3 Å². The van der Waals surface area contributed by atoms with E-state index in [2.05, 4.69) is 25.0 Å². The number of halogens is 2. The number of sulfonamides is 1. The van der Waals surface area contributed by atoms with Crippen LogP contribution in [0.2, 0.25) is 10.0 Å². The maximum Gasteiger partial charge on any atom is 0.261 e. The number of anilines is 1. The predicted octanol–water partition coefficient (Wildman–Crippen LogP) is 4.96. The molecule has 1 N–H and O–H groups in total. The average Bonchev–Trinajstić information content (AvgIpc) is 3.25. The second-order valence-electron chi connectivity index (χ2n) is 7.01. The van der Waals surface area contributed by atoms with E-state index in [0.29, 0.717) is 22.9 Å². The number of nitrogens with one attached hydrogen (secondary N) is 1. The van der Waals surface area contributed by atoms with Crippen LogP contribution in [0.1, 0.15) is 0 Å². The lowest BCUT2D eigenvalue weighted by atomic mass is 10.1. The number of nitrogens with zero attached hydrogens (tertiary/aromatic N) is 5. The lowest BCUT2D eigenvalue weighted by molar-refractivity contribution is 0.601. The third kappa shape index (κ3) is 4.25. The smallest absolute Gasteiger partial charge is 0.261 e. The van der Waals surface area contributed by atoms with Gasteiger partial charge in [0.2, 0.25) is 0 Å². The van der Waals surface area contributed by atoms with E-state index in [4.69, 9.17) is 23.2 Å². The van der Waals surface area contributed by atoms with E-state index in [1.165, 1.54) is 18.2 Å². The number of hydrogen-bond donors (Lipinski definition) is 1. The Hall–Kier alpha value is -3.53. The van der Waals surface area contributed by atoms with Gasteiger partial charge >= 0.3 is 0 Å². The summed E-state index contributed by atoms with van der Waals surface area (Å²) in [5, 5.41) is 13.5. The van der Waals surface area contributed by atoms with Crippen molar-refractivity contribution in [2.24, 2.45) is 0 Å². The molecule has 164 valence electrons. The van der Waals surface area contributed by atoms with Crippen molar-refractivity contribution in [3.63, 3.8) is 0 Å². The Kier molecular flexibility index (Phi) is 5.45. The van der Waals surface area contributed by atoms with Crippen LogP contribution in [0, 0.1) is 0 Å². The summed E-state index contributed by atoms with van der Waals surface area (Å²) in [5.74, 6) is 0.597. The molecule has 2 aromatic carbocycles. The van der Waals surface area contributed by atoms with Crippen molar-refractivity contribution >= 4 is 44.6 Å². The van der Waals surface area contributed by atoms with E-state index >= 15 is 0 Å². The molecule has 3 heterocycles. The van der Waals surface area contributed by atoms with Gasteiger partial charge in [-0.15, -0.1) is 10.2 Å². The molecule has 11 heteroatoms. The molecule has 0 spiro atoms. The number of rotatable bonds is 5. The SMILES string of the molecule is O=S(=O)(Nc1ccc(-c2ccc3nnc(-c4ccncc4)n3n2)cc1)c1ccc(Cl)c(Cl)c1. The van der Waals surface area contributed by atoms with Crippen LogP contribution in [0.4, 0.5) is 5.69 Å². The summed E-state index contributed by atoms with van der Waals surface area (Å²) in [6.45, 7) is 0. The first-order valence-electron chi connectivity index (χ1n) is 9.62. The summed E-state index contributed by atoms with van der Waals surface area (Å²) in [4.78, 5) is 4.04. The molecule has 0 saturated carbocycles. The van der Waals surface area contributed by atoms with Crippen LogP contribution >= 0.6 is 23.2 Å². The molecule has 5 rings (SSSR count). The number of hydrogen-bond acceptors (Lipinski definition) is 6. The maximum atomic E-state index is 12.7. The average molecular weight is 497 g/mol. The first-order chi connectivity index (χ1) is 15.9. The molecule has 0 amide bonds. The van der Waals surface area contributed by atoms with Crippen molar-refractivity contribution in [1.82, 2.24) is 24.8 Å². The van der Waals surface area contributed by atoms with Crippen molar-refractivity contribution in [2.45, 2.75) is 4.90 Å². The van der Waals surface area contributed by atoms with Gasteiger partial charge < -0.3 is 0 Å². The lowest BCUT2D eigenvalue weighted by Gasteiger charge is -2.10. The van der Waals surface area contributed by atoms with Gasteiger partial charge in [-0.05, 0) is 54.6 Å². The third-order valence-electron chi connectivity index (χ3n) is 4.84. The van der Waals surface area contributed by atoms with E-state index in [-0.39, 0.29) is 14.9 Å². The van der Waals surface area contributed by atoms with Gasteiger partial charge in [-0.25, -0.2) is 8.42 Å². The molecule has 0 aliphatic heterocycles. The van der Waals surface area contributed by atoms with Crippen LogP contribution in [0.5, 0.6) is 0 Å². The monoisotopic (exact) mass is 496 g/mol. The van der Waals surface area contributed by atoms with Gasteiger partial charge in [-0.2, -0.15) is 9.61 Å². The zero-order chi connectivity index (χ0) is 23.0. The van der Waals surface area contributed by atoms with Crippen LogP contribution < -0.4 is 4.72 Å².